The van der Waals surface area contributed by atoms with Crippen molar-refractivity contribution in [2.45, 2.75) is 38.2 Å². The third kappa shape index (κ3) is 5.13. The Kier molecular flexibility index (Phi) is 7.03. The van der Waals surface area contributed by atoms with Crippen LogP contribution in [0.4, 0.5) is 0 Å². The molecule has 5 aromatic rings. The van der Waals surface area contributed by atoms with E-state index in [1.807, 2.05) is 53.2 Å². The topological polar surface area (TPSA) is 71.2 Å². The highest BCUT2D eigenvalue weighted by Gasteiger charge is 2.26. The number of aliphatic hydroxyl groups is 1. The molecule has 1 aliphatic rings. The third-order valence-corrected chi connectivity index (χ3v) is 6.71. The van der Waals surface area contributed by atoms with Crippen LogP contribution in [0.3, 0.4) is 0 Å². The Morgan fingerprint density at radius 3 is 2.44 bits per heavy atom. The lowest BCUT2D eigenvalue weighted by Gasteiger charge is -2.17. The molecule has 1 atom stereocenters. The molecule has 0 amide bonds. The fraction of sp³-hybridized carbons (Fsp3) is 0.200. The van der Waals surface area contributed by atoms with Crippen LogP contribution in [0.5, 0.6) is 5.75 Å². The number of halogens is 1. The van der Waals surface area contributed by atoms with Gasteiger partial charge >= 0.3 is 0 Å². The number of nitrogens with zero attached hydrogens (tertiary/aromatic N) is 3. The number of hydrogen-bond acceptors (Lipinski definition) is 4. The number of phenols is 1. The summed E-state index contributed by atoms with van der Waals surface area (Å²) in [7, 11) is 0. The Hall–Kier alpha value is -3.67. The maximum atomic E-state index is 10.1. The van der Waals surface area contributed by atoms with Gasteiger partial charge in [0.05, 0.1) is 40.3 Å². The summed E-state index contributed by atoms with van der Waals surface area (Å²) in [5, 5.41) is 25.6. The molecule has 0 bridgehead atoms. The summed E-state index contributed by atoms with van der Waals surface area (Å²) in [6, 6.07) is 27.5. The Balaban J connectivity index is 0.000000186. The number of para-hydroxylation sites is 1. The van der Waals surface area contributed by atoms with Crippen LogP contribution in [0.15, 0.2) is 84.9 Å². The molecule has 2 heterocycles. The first-order valence-electron chi connectivity index (χ1n) is 12.1. The molecule has 5 nitrogen and oxygen atoms in total. The van der Waals surface area contributed by atoms with E-state index in [4.69, 9.17) is 16.7 Å². The van der Waals surface area contributed by atoms with E-state index in [9.17, 15) is 10.2 Å². The second-order valence-corrected chi connectivity index (χ2v) is 9.36. The molecule has 1 unspecified atom stereocenters. The molecule has 0 saturated heterocycles. The number of hydrogen-bond donors (Lipinski definition) is 2. The summed E-state index contributed by atoms with van der Waals surface area (Å²) in [4.78, 5) is 4.36. The highest BCUT2D eigenvalue weighted by atomic mass is 35.5. The molecule has 36 heavy (non-hydrogen) atoms. The Morgan fingerprint density at radius 2 is 1.69 bits per heavy atom. The number of phenolic OH excluding ortho intramolecular Hbond substituents is 1. The van der Waals surface area contributed by atoms with Crippen molar-refractivity contribution in [1.82, 2.24) is 14.8 Å². The van der Waals surface area contributed by atoms with Crippen molar-refractivity contribution in [3.63, 3.8) is 0 Å². The summed E-state index contributed by atoms with van der Waals surface area (Å²) in [5.74, 6) is 0.716. The minimum Gasteiger partial charge on any atom is -0.508 e. The second kappa shape index (κ2) is 10.5. The molecule has 0 fully saturated rings. The van der Waals surface area contributed by atoms with Gasteiger partial charge in [-0.3, -0.25) is 4.98 Å². The summed E-state index contributed by atoms with van der Waals surface area (Å²) in [6.45, 7) is 2.07. The van der Waals surface area contributed by atoms with Gasteiger partial charge in [-0.1, -0.05) is 54.1 Å². The number of pyridine rings is 1. The summed E-state index contributed by atoms with van der Waals surface area (Å²) in [6.07, 6.45) is 1.88. The van der Waals surface area contributed by atoms with Gasteiger partial charge in [0.1, 0.15) is 5.75 Å². The number of fused-ring (bicyclic) bond motifs is 2. The highest BCUT2D eigenvalue weighted by molar-refractivity contribution is 6.16. The highest BCUT2D eigenvalue weighted by Crippen LogP contribution is 2.34. The van der Waals surface area contributed by atoms with Gasteiger partial charge in [-0.05, 0) is 56.2 Å². The largest absolute Gasteiger partial charge is 0.508 e. The summed E-state index contributed by atoms with van der Waals surface area (Å²) >= 11 is 5.66. The first-order valence-corrected chi connectivity index (χ1v) is 12.6. The maximum Gasteiger partial charge on any atom is 0.115 e. The van der Waals surface area contributed by atoms with Crippen molar-refractivity contribution in [3.05, 3.63) is 107 Å². The van der Waals surface area contributed by atoms with E-state index in [0.29, 0.717) is 12.3 Å². The van der Waals surface area contributed by atoms with Gasteiger partial charge in [0, 0.05) is 22.9 Å². The van der Waals surface area contributed by atoms with Gasteiger partial charge in [0.2, 0.25) is 0 Å². The van der Waals surface area contributed by atoms with Crippen molar-refractivity contribution >= 4 is 22.5 Å². The lowest BCUT2D eigenvalue weighted by Crippen LogP contribution is -2.18. The van der Waals surface area contributed by atoms with Gasteiger partial charge < -0.3 is 10.2 Å². The minimum absolute atomic E-state index is 0.239. The van der Waals surface area contributed by atoms with Crippen LogP contribution in [0.2, 0.25) is 0 Å². The molecule has 0 aliphatic heterocycles. The van der Waals surface area contributed by atoms with Crippen LogP contribution >= 0.6 is 11.6 Å². The fourth-order valence-corrected chi connectivity index (χ4v) is 4.67. The molecule has 0 radical (unpaired) electrons. The smallest absolute Gasteiger partial charge is 0.115 e. The number of aromatic nitrogens is 3. The molecule has 6 heteroatoms. The monoisotopic (exact) mass is 497 g/mol. The number of aryl methyl sites for hydroxylation is 2. The first-order chi connectivity index (χ1) is 17.5. The average Bonchev–Trinajstić information content (AvgIpc) is 3.28. The molecule has 1 aliphatic carbocycles. The van der Waals surface area contributed by atoms with Crippen molar-refractivity contribution in [3.8, 4) is 22.7 Å². The van der Waals surface area contributed by atoms with E-state index in [-0.39, 0.29) is 11.9 Å². The number of rotatable bonds is 3. The van der Waals surface area contributed by atoms with E-state index < -0.39 is 0 Å². The van der Waals surface area contributed by atoms with Crippen LogP contribution in [0, 0.1) is 6.92 Å². The molecule has 2 aromatic heterocycles. The molecule has 6 rings (SSSR count). The van der Waals surface area contributed by atoms with Crippen LogP contribution in [0.25, 0.3) is 27.8 Å². The van der Waals surface area contributed by atoms with Crippen LogP contribution < -0.4 is 0 Å². The maximum absolute atomic E-state index is 10.1. The van der Waals surface area contributed by atoms with Gasteiger partial charge in [0.25, 0.3) is 0 Å². The van der Waals surface area contributed by atoms with Gasteiger partial charge in [-0.25, -0.2) is 4.68 Å². The predicted octanol–water partition coefficient (Wildman–Crippen LogP) is 6.38. The molecule has 3 aromatic carbocycles. The van der Waals surface area contributed by atoms with E-state index in [1.54, 1.807) is 12.1 Å². The lowest BCUT2D eigenvalue weighted by atomic mass is 9.91. The SMILES string of the molecule is Cc1ccc(-c2c3c(nn2-c2ccc(O)cc2)CCC(O)C3)cc1.ClCc1ccc2ccccc2n1. The van der Waals surface area contributed by atoms with Crippen molar-refractivity contribution in [2.75, 3.05) is 0 Å². The molecule has 0 spiro atoms. The second-order valence-electron chi connectivity index (χ2n) is 9.09. The van der Waals surface area contributed by atoms with E-state index in [1.165, 1.54) is 5.56 Å². The van der Waals surface area contributed by atoms with Gasteiger partial charge in [0.15, 0.2) is 0 Å². The number of aromatic hydroxyl groups is 1. The zero-order chi connectivity index (χ0) is 25.1. The molecule has 182 valence electrons. The number of alkyl halides is 1. The Bertz CT molecular complexity index is 1480. The van der Waals surface area contributed by atoms with E-state index >= 15 is 0 Å². The van der Waals surface area contributed by atoms with E-state index in [2.05, 4.69) is 36.2 Å². The molecule has 2 N–H and O–H groups in total. The summed E-state index contributed by atoms with van der Waals surface area (Å²) < 4.78 is 1.94. The van der Waals surface area contributed by atoms with Crippen LogP contribution in [-0.2, 0) is 18.7 Å². The molecular formula is C30H28ClN3O2. The van der Waals surface area contributed by atoms with Crippen LogP contribution in [-0.4, -0.2) is 31.1 Å². The number of benzene rings is 3. The fourth-order valence-electron chi connectivity index (χ4n) is 4.52. The predicted molar refractivity (Wildman–Crippen MR) is 145 cm³/mol. The zero-order valence-electron chi connectivity index (χ0n) is 20.1. The standard InChI is InChI=1S/C20H20N2O2.C10H8ClN/c1-13-2-4-14(5-3-13)20-18-12-17(24)10-11-19(18)21-22(20)15-6-8-16(23)9-7-15;11-7-9-6-5-8-3-1-2-4-10(8)12-9/h2-9,17,23-24H,10-12H2,1H3;1-6H,7H2. The minimum atomic E-state index is -0.306. The van der Waals surface area contributed by atoms with E-state index in [0.717, 1.165) is 57.6 Å². The van der Waals surface area contributed by atoms with Gasteiger partial charge in [-0.2, -0.15) is 5.10 Å². The molecule has 0 saturated carbocycles. The Morgan fingerprint density at radius 1 is 0.944 bits per heavy atom. The van der Waals surface area contributed by atoms with Crippen molar-refractivity contribution in [2.24, 2.45) is 0 Å². The first kappa shape index (κ1) is 24.0. The normalized spacial score (nSPS) is 14.7. The average molecular weight is 498 g/mol. The number of aliphatic hydroxyl groups excluding tert-OH is 1. The quantitative estimate of drug-likeness (QED) is 0.284. The Labute approximate surface area is 215 Å². The third-order valence-electron chi connectivity index (χ3n) is 6.43. The lowest BCUT2D eigenvalue weighted by molar-refractivity contribution is 0.158. The van der Waals surface area contributed by atoms with Crippen LogP contribution in [0.1, 0.15) is 28.9 Å². The zero-order valence-corrected chi connectivity index (χ0v) is 20.9. The van der Waals surface area contributed by atoms with Crippen molar-refractivity contribution in [1.29, 1.82) is 0 Å². The van der Waals surface area contributed by atoms with Crippen molar-refractivity contribution < 1.29 is 10.2 Å². The molecular weight excluding hydrogens is 470 g/mol. The summed E-state index contributed by atoms with van der Waals surface area (Å²) in [5.41, 5.74) is 8.38. The van der Waals surface area contributed by atoms with Gasteiger partial charge in [-0.15, -0.1) is 11.6 Å².